The number of nitrogens with zero attached hydrogens (tertiary/aromatic N) is 3. The number of aromatic nitrogens is 2. The van der Waals surface area contributed by atoms with Gasteiger partial charge in [-0.3, -0.25) is 0 Å². The van der Waals surface area contributed by atoms with Crippen LogP contribution in [0.2, 0.25) is 0 Å². The lowest BCUT2D eigenvalue weighted by molar-refractivity contribution is 0.315. The van der Waals surface area contributed by atoms with E-state index in [1.54, 1.807) is 0 Å². The van der Waals surface area contributed by atoms with Gasteiger partial charge in [-0.1, -0.05) is 13.8 Å². The predicted octanol–water partition coefficient (Wildman–Crippen LogP) is 2.04. The molecule has 1 aromatic carbocycles. The Labute approximate surface area is 99.5 Å². The summed E-state index contributed by atoms with van der Waals surface area (Å²) in [5, 5.41) is 7.81. The minimum atomic E-state index is 0.352. The Morgan fingerprint density at radius 3 is 2.76 bits per heavy atom. The van der Waals surface area contributed by atoms with Gasteiger partial charge >= 0.3 is 0 Å². The molecule has 3 rings (SSSR count). The molecule has 0 amide bonds. The molecule has 0 radical (unpaired) electrons. The first-order valence-electron chi connectivity index (χ1n) is 5.82. The van der Waals surface area contributed by atoms with Crippen molar-refractivity contribution >= 4 is 22.4 Å². The van der Waals surface area contributed by atoms with E-state index in [4.69, 9.17) is 10.4 Å². The highest BCUT2D eigenvalue weighted by molar-refractivity contribution is 5.95. The average Bonchev–Trinajstić information content (AvgIpc) is 2.86. The number of hydrogen-bond donors (Lipinski definition) is 1. The molecule has 0 bridgehead atoms. The molecular weight excluding hydrogens is 216 g/mol. The van der Waals surface area contributed by atoms with Crippen LogP contribution in [0.1, 0.15) is 20.3 Å². The maximum Gasteiger partial charge on any atom is 0.160 e. The van der Waals surface area contributed by atoms with E-state index in [2.05, 4.69) is 29.1 Å². The second kappa shape index (κ2) is 3.35. The van der Waals surface area contributed by atoms with Crippen LogP contribution in [-0.2, 0) is 0 Å². The Morgan fingerprint density at radius 2 is 2.06 bits per heavy atom. The zero-order valence-corrected chi connectivity index (χ0v) is 10.1. The number of hydrogen-bond acceptors (Lipinski definition) is 5. The summed E-state index contributed by atoms with van der Waals surface area (Å²) in [4.78, 5) is 2.33. The summed E-state index contributed by atoms with van der Waals surface area (Å²) < 4.78 is 4.79. The molecule has 0 spiro atoms. The monoisotopic (exact) mass is 232 g/mol. The van der Waals surface area contributed by atoms with Gasteiger partial charge in [0.25, 0.3) is 0 Å². The van der Waals surface area contributed by atoms with Crippen molar-refractivity contribution < 1.29 is 4.63 Å². The molecule has 0 atom stereocenters. The van der Waals surface area contributed by atoms with Crippen LogP contribution in [0.25, 0.3) is 11.0 Å². The van der Waals surface area contributed by atoms with Gasteiger partial charge in [0.2, 0.25) is 0 Å². The summed E-state index contributed by atoms with van der Waals surface area (Å²) in [7, 11) is 0. The molecule has 2 aromatic rings. The number of rotatable bonds is 1. The van der Waals surface area contributed by atoms with Gasteiger partial charge in [0, 0.05) is 13.1 Å². The highest BCUT2D eigenvalue weighted by Crippen LogP contribution is 2.36. The van der Waals surface area contributed by atoms with E-state index in [1.807, 2.05) is 12.1 Å². The minimum Gasteiger partial charge on any atom is -0.397 e. The van der Waals surface area contributed by atoms with Gasteiger partial charge in [-0.2, -0.15) is 0 Å². The fourth-order valence-electron chi connectivity index (χ4n) is 2.45. The first-order chi connectivity index (χ1) is 8.07. The predicted molar refractivity (Wildman–Crippen MR) is 66.8 cm³/mol. The van der Waals surface area contributed by atoms with Gasteiger partial charge in [0.05, 0.1) is 11.4 Å². The van der Waals surface area contributed by atoms with E-state index in [-0.39, 0.29) is 0 Å². The van der Waals surface area contributed by atoms with E-state index in [0.29, 0.717) is 16.6 Å². The van der Waals surface area contributed by atoms with Crippen LogP contribution in [-0.4, -0.2) is 23.4 Å². The zero-order valence-electron chi connectivity index (χ0n) is 10.1. The Bertz CT molecular complexity index is 561. The van der Waals surface area contributed by atoms with E-state index >= 15 is 0 Å². The van der Waals surface area contributed by atoms with Crippen molar-refractivity contribution in [2.45, 2.75) is 20.3 Å². The van der Waals surface area contributed by atoms with Gasteiger partial charge in [-0.15, -0.1) is 0 Å². The molecule has 17 heavy (non-hydrogen) atoms. The molecule has 1 aliphatic rings. The summed E-state index contributed by atoms with van der Waals surface area (Å²) in [6.07, 6.45) is 1.18. The maximum atomic E-state index is 5.84. The largest absolute Gasteiger partial charge is 0.397 e. The Morgan fingerprint density at radius 1 is 1.29 bits per heavy atom. The zero-order chi connectivity index (χ0) is 12.0. The Kier molecular flexibility index (Phi) is 2.05. The molecule has 2 N–H and O–H groups in total. The van der Waals surface area contributed by atoms with Crippen molar-refractivity contribution in [2.24, 2.45) is 5.41 Å². The normalized spacial score (nSPS) is 19.1. The van der Waals surface area contributed by atoms with Crippen molar-refractivity contribution in [3.05, 3.63) is 12.1 Å². The average molecular weight is 232 g/mol. The number of nitrogen functional groups attached to an aromatic ring is 1. The number of fused-ring (bicyclic) bond motifs is 1. The van der Waals surface area contributed by atoms with Crippen LogP contribution in [0.15, 0.2) is 16.8 Å². The van der Waals surface area contributed by atoms with Crippen LogP contribution in [0.4, 0.5) is 11.4 Å². The first kappa shape index (κ1) is 10.4. The third kappa shape index (κ3) is 1.62. The highest BCUT2D eigenvalue weighted by Gasteiger charge is 2.30. The van der Waals surface area contributed by atoms with Gasteiger partial charge in [0.1, 0.15) is 0 Å². The minimum absolute atomic E-state index is 0.352. The van der Waals surface area contributed by atoms with Crippen LogP contribution in [0.5, 0.6) is 0 Å². The number of nitrogens with two attached hydrogens (primary N) is 1. The fraction of sp³-hybridized carbons (Fsp3) is 0.500. The summed E-state index contributed by atoms with van der Waals surface area (Å²) in [5.74, 6) is 0. The van der Waals surface area contributed by atoms with E-state index < -0.39 is 0 Å². The van der Waals surface area contributed by atoms with E-state index in [0.717, 1.165) is 24.3 Å². The van der Waals surface area contributed by atoms with E-state index in [1.165, 1.54) is 6.42 Å². The lowest BCUT2D eigenvalue weighted by atomic mass is 9.93. The number of anilines is 2. The highest BCUT2D eigenvalue weighted by atomic mass is 16.6. The smallest absolute Gasteiger partial charge is 0.160 e. The Hall–Kier alpha value is -1.78. The SMILES string of the molecule is CC1(C)CCN(c2ccc(N)c3nonc23)C1. The Balaban J connectivity index is 2.07. The van der Waals surface area contributed by atoms with Gasteiger partial charge in [0.15, 0.2) is 11.0 Å². The molecule has 0 saturated carbocycles. The lowest BCUT2D eigenvalue weighted by Gasteiger charge is -2.21. The summed E-state index contributed by atoms with van der Waals surface area (Å²) >= 11 is 0. The molecule has 1 aliphatic heterocycles. The van der Waals surface area contributed by atoms with Crippen molar-refractivity contribution in [3.8, 4) is 0 Å². The molecule has 0 unspecified atom stereocenters. The van der Waals surface area contributed by atoms with Crippen LogP contribution in [0.3, 0.4) is 0 Å². The molecular formula is C12H16N4O. The topological polar surface area (TPSA) is 68.2 Å². The number of benzene rings is 1. The standard InChI is InChI=1S/C12H16N4O/c1-12(2)5-6-16(7-12)9-4-3-8(13)10-11(9)15-17-14-10/h3-4H,5-7,13H2,1-2H3. The molecule has 1 aromatic heterocycles. The van der Waals surface area contributed by atoms with Crippen molar-refractivity contribution in [1.29, 1.82) is 0 Å². The first-order valence-corrected chi connectivity index (χ1v) is 5.82. The van der Waals surface area contributed by atoms with Crippen molar-refractivity contribution in [2.75, 3.05) is 23.7 Å². The van der Waals surface area contributed by atoms with Gasteiger partial charge in [-0.25, -0.2) is 4.63 Å². The van der Waals surface area contributed by atoms with Crippen LogP contribution < -0.4 is 10.6 Å². The molecule has 0 aliphatic carbocycles. The molecule has 2 heterocycles. The van der Waals surface area contributed by atoms with Crippen molar-refractivity contribution in [3.63, 3.8) is 0 Å². The quantitative estimate of drug-likeness (QED) is 0.762. The second-order valence-electron chi connectivity index (χ2n) is 5.47. The molecule has 5 heteroatoms. The third-order valence-electron chi connectivity index (χ3n) is 3.44. The lowest BCUT2D eigenvalue weighted by Crippen LogP contribution is -2.22. The summed E-state index contributed by atoms with van der Waals surface area (Å²) in [6, 6.07) is 3.87. The maximum absolute atomic E-state index is 5.84. The molecule has 90 valence electrons. The van der Waals surface area contributed by atoms with Gasteiger partial charge < -0.3 is 10.6 Å². The molecule has 5 nitrogen and oxygen atoms in total. The van der Waals surface area contributed by atoms with Crippen LogP contribution >= 0.6 is 0 Å². The van der Waals surface area contributed by atoms with E-state index in [9.17, 15) is 0 Å². The fourth-order valence-corrected chi connectivity index (χ4v) is 2.45. The summed E-state index contributed by atoms with van der Waals surface area (Å²) in [5.41, 5.74) is 9.30. The summed E-state index contributed by atoms with van der Waals surface area (Å²) in [6.45, 7) is 6.63. The molecule has 1 saturated heterocycles. The third-order valence-corrected chi connectivity index (χ3v) is 3.44. The molecule has 1 fully saturated rings. The van der Waals surface area contributed by atoms with Crippen LogP contribution in [0, 0.1) is 5.41 Å². The van der Waals surface area contributed by atoms with Crippen molar-refractivity contribution in [1.82, 2.24) is 10.3 Å². The second-order valence-corrected chi connectivity index (χ2v) is 5.47. The van der Waals surface area contributed by atoms with Gasteiger partial charge in [-0.05, 0) is 34.3 Å².